The van der Waals surface area contributed by atoms with Crippen LogP contribution in [0.5, 0.6) is 0 Å². The maximum Gasteiger partial charge on any atom is 0.228 e. The average Bonchev–Trinajstić information content (AvgIpc) is 2.89. The molecule has 130 valence electrons. The van der Waals surface area contributed by atoms with Gasteiger partial charge in [-0.1, -0.05) is 43.7 Å². The average molecular weight is 328 g/mol. The zero-order valence-corrected chi connectivity index (χ0v) is 15.0. The molecule has 4 nitrogen and oxygen atoms in total. The normalized spacial score (nSPS) is 27.6. The summed E-state index contributed by atoms with van der Waals surface area (Å²) in [6.45, 7) is 9.32. The number of carbonyl (C=O) groups excluding carboxylic acids is 2. The second-order valence-electron chi connectivity index (χ2n) is 7.85. The summed E-state index contributed by atoms with van der Waals surface area (Å²) in [7, 11) is 0. The highest BCUT2D eigenvalue weighted by molar-refractivity contribution is 5.89. The molecule has 0 unspecified atom stereocenters. The Labute approximate surface area is 144 Å². The van der Waals surface area contributed by atoms with Crippen molar-refractivity contribution in [1.29, 1.82) is 0 Å². The third kappa shape index (κ3) is 3.80. The van der Waals surface area contributed by atoms with Crippen molar-refractivity contribution in [2.75, 3.05) is 19.6 Å². The van der Waals surface area contributed by atoms with Crippen molar-refractivity contribution in [3.05, 3.63) is 35.4 Å². The van der Waals surface area contributed by atoms with Gasteiger partial charge in [-0.15, -0.1) is 0 Å². The molecule has 0 N–H and O–H groups in total. The van der Waals surface area contributed by atoms with Crippen LogP contribution >= 0.6 is 0 Å². The van der Waals surface area contributed by atoms with Crippen molar-refractivity contribution in [3.8, 4) is 0 Å². The fourth-order valence-electron chi connectivity index (χ4n) is 4.11. The van der Waals surface area contributed by atoms with Gasteiger partial charge in [0.1, 0.15) is 0 Å². The first-order valence-electron chi connectivity index (χ1n) is 9.04. The van der Waals surface area contributed by atoms with Gasteiger partial charge < -0.3 is 9.80 Å². The van der Waals surface area contributed by atoms with Gasteiger partial charge in [0.15, 0.2) is 0 Å². The van der Waals surface area contributed by atoms with Crippen LogP contribution in [0, 0.1) is 24.7 Å². The van der Waals surface area contributed by atoms with Crippen LogP contribution in [0.3, 0.4) is 0 Å². The smallest absolute Gasteiger partial charge is 0.228 e. The van der Waals surface area contributed by atoms with Crippen molar-refractivity contribution < 1.29 is 9.59 Å². The number of rotatable bonds is 3. The lowest BCUT2D eigenvalue weighted by Crippen LogP contribution is -2.45. The minimum Gasteiger partial charge on any atom is -0.342 e. The Morgan fingerprint density at radius 1 is 1.08 bits per heavy atom. The van der Waals surface area contributed by atoms with Crippen LogP contribution in [0.1, 0.15) is 37.8 Å². The highest BCUT2D eigenvalue weighted by atomic mass is 16.2. The standard InChI is InChI=1S/C20H28N2O2/c1-14-4-6-17(7-5-14)12-21-13-18(9-19(21)23)20(24)22-10-15(2)8-16(3)11-22/h4-7,15-16,18H,8-13H2,1-3H3/t15-,16+,18-/m1/s1. The van der Waals surface area contributed by atoms with E-state index in [2.05, 4.69) is 45.0 Å². The first-order chi connectivity index (χ1) is 11.4. The molecule has 24 heavy (non-hydrogen) atoms. The minimum atomic E-state index is -0.166. The molecule has 0 spiro atoms. The molecule has 2 aliphatic heterocycles. The predicted octanol–water partition coefficient (Wildman–Crippen LogP) is 2.85. The molecule has 2 amide bonds. The van der Waals surface area contributed by atoms with Crippen molar-refractivity contribution in [1.82, 2.24) is 9.80 Å². The lowest BCUT2D eigenvalue weighted by atomic mass is 9.91. The summed E-state index contributed by atoms with van der Waals surface area (Å²) in [6, 6.07) is 8.25. The van der Waals surface area contributed by atoms with Crippen LogP contribution in [-0.2, 0) is 16.1 Å². The number of nitrogens with zero attached hydrogens (tertiary/aromatic N) is 2. The van der Waals surface area contributed by atoms with Crippen molar-refractivity contribution in [3.63, 3.8) is 0 Å². The molecule has 0 radical (unpaired) electrons. The Bertz CT molecular complexity index is 601. The topological polar surface area (TPSA) is 40.6 Å². The van der Waals surface area contributed by atoms with Crippen LogP contribution in [0.25, 0.3) is 0 Å². The largest absolute Gasteiger partial charge is 0.342 e. The summed E-state index contributed by atoms with van der Waals surface area (Å²) in [5.74, 6) is 1.22. The number of hydrogen-bond acceptors (Lipinski definition) is 2. The van der Waals surface area contributed by atoms with E-state index in [0.29, 0.717) is 31.3 Å². The fourth-order valence-corrected chi connectivity index (χ4v) is 4.11. The van der Waals surface area contributed by atoms with Crippen LogP contribution in [0.2, 0.25) is 0 Å². The molecule has 1 aromatic carbocycles. The number of benzene rings is 1. The van der Waals surface area contributed by atoms with Crippen LogP contribution < -0.4 is 0 Å². The third-order valence-electron chi connectivity index (χ3n) is 5.24. The minimum absolute atomic E-state index is 0.104. The van der Waals surface area contributed by atoms with Gasteiger partial charge in [0, 0.05) is 32.6 Å². The fraction of sp³-hybridized carbons (Fsp3) is 0.600. The van der Waals surface area contributed by atoms with E-state index in [1.54, 1.807) is 0 Å². The number of hydrogen-bond donors (Lipinski definition) is 0. The quantitative estimate of drug-likeness (QED) is 0.856. The monoisotopic (exact) mass is 328 g/mol. The number of carbonyl (C=O) groups is 2. The molecule has 2 heterocycles. The lowest BCUT2D eigenvalue weighted by molar-refractivity contribution is -0.138. The summed E-state index contributed by atoms with van der Waals surface area (Å²) < 4.78 is 0. The van der Waals surface area contributed by atoms with Gasteiger partial charge in [0.2, 0.25) is 11.8 Å². The highest BCUT2D eigenvalue weighted by Gasteiger charge is 2.38. The van der Waals surface area contributed by atoms with Gasteiger partial charge in [0.05, 0.1) is 5.92 Å². The summed E-state index contributed by atoms with van der Waals surface area (Å²) >= 11 is 0. The van der Waals surface area contributed by atoms with Gasteiger partial charge in [-0.2, -0.15) is 0 Å². The molecule has 3 rings (SSSR count). The Morgan fingerprint density at radius 3 is 2.33 bits per heavy atom. The lowest BCUT2D eigenvalue weighted by Gasteiger charge is -2.36. The summed E-state index contributed by atoms with van der Waals surface area (Å²) in [5, 5.41) is 0. The van der Waals surface area contributed by atoms with E-state index in [0.717, 1.165) is 18.7 Å². The van der Waals surface area contributed by atoms with Crippen LogP contribution in [-0.4, -0.2) is 41.2 Å². The molecule has 0 aliphatic carbocycles. The Morgan fingerprint density at radius 2 is 1.71 bits per heavy atom. The van der Waals surface area contributed by atoms with Crippen molar-refractivity contribution in [2.24, 2.45) is 17.8 Å². The summed E-state index contributed by atoms with van der Waals surface area (Å²) in [4.78, 5) is 29.0. The van der Waals surface area contributed by atoms with E-state index < -0.39 is 0 Å². The third-order valence-corrected chi connectivity index (χ3v) is 5.24. The van der Waals surface area contributed by atoms with Crippen LogP contribution in [0.15, 0.2) is 24.3 Å². The molecular formula is C20H28N2O2. The van der Waals surface area contributed by atoms with E-state index in [-0.39, 0.29) is 17.7 Å². The van der Waals surface area contributed by atoms with Gasteiger partial charge in [-0.25, -0.2) is 0 Å². The molecule has 1 aromatic rings. The number of amides is 2. The number of piperidine rings is 1. The number of likely N-dealkylation sites (tertiary alicyclic amines) is 2. The van der Waals surface area contributed by atoms with E-state index in [4.69, 9.17) is 0 Å². The molecule has 2 aliphatic rings. The zero-order valence-electron chi connectivity index (χ0n) is 15.0. The molecule has 2 saturated heterocycles. The van der Waals surface area contributed by atoms with Crippen molar-refractivity contribution >= 4 is 11.8 Å². The van der Waals surface area contributed by atoms with E-state index in [9.17, 15) is 9.59 Å². The molecule has 3 atom stereocenters. The summed E-state index contributed by atoms with van der Waals surface area (Å²) in [6.07, 6.45) is 1.55. The second kappa shape index (κ2) is 6.96. The molecule has 0 saturated carbocycles. The first-order valence-corrected chi connectivity index (χ1v) is 9.04. The SMILES string of the molecule is Cc1ccc(CN2C[C@H](C(=O)N3C[C@H](C)C[C@H](C)C3)CC2=O)cc1. The van der Waals surface area contributed by atoms with E-state index >= 15 is 0 Å². The molecule has 2 fully saturated rings. The molecule has 4 heteroatoms. The molecular weight excluding hydrogens is 300 g/mol. The highest BCUT2D eigenvalue weighted by Crippen LogP contribution is 2.26. The van der Waals surface area contributed by atoms with Gasteiger partial charge in [-0.3, -0.25) is 9.59 Å². The van der Waals surface area contributed by atoms with Gasteiger partial charge in [0.25, 0.3) is 0 Å². The number of aryl methyl sites for hydroxylation is 1. The van der Waals surface area contributed by atoms with Gasteiger partial charge in [-0.05, 0) is 30.7 Å². The molecule has 0 aromatic heterocycles. The van der Waals surface area contributed by atoms with E-state index in [1.807, 2.05) is 9.80 Å². The zero-order chi connectivity index (χ0) is 17.3. The maximum atomic E-state index is 12.8. The van der Waals surface area contributed by atoms with E-state index in [1.165, 1.54) is 12.0 Å². The Kier molecular flexibility index (Phi) is 4.93. The predicted molar refractivity (Wildman–Crippen MR) is 94.2 cm³/mol. The van der Waals surface area contributed by atoms with Crippen molar-refractivity contribution in [2.45, 2.75) is 40.2 Å². The van der Waals surface area contributed by atoms with Crippen LogP contribution in [0.4, 0.5) is 0 Å². The Balaban J connectivity index is 1.61. The summed E-state index contributed by atoms with van der Waals surface area (Å²) in [5.41, 5.74) is 2.34. The molecule has 0 bridgehead atoms. The first kappa shape index (κ1) is 17.0. The maximum absolute atomic E-state index is 12.8. The second-order valence-corrected chi connectivity index (χ2v) is 7.85. The van der Waals surface area contributed by atoms with Gasteiger partial charge >= 0.3 is 0 Å². The Hall–Kier alpha value is -1.84.